The Balaban J connectivity index is 3.46. The number of hydrogen-bond acceptors (Lipinski definition) is 5. The van der Waals surface area contributed by atoms with E-state index in [9.17, 15) is 19.8 Å². The summed E-state index contributed by atoms with van der Waals surface area (Å²) in [7, 11) is 0. The van der Waals surface area contributed by atoms with Crippen LogP contribution < -0.4 is 5.32 Å². The van der Waals surface area contributed by atoms with E-state index in [1.807, 2.05) is 0 Å². The lowest BCUT2D eigenvalue weighted by Gasteiger charge is -2.22. The van der Waals surface area contributed by atoms with Gasteiger partial charge in [-0.1, -0.05) is 295 Å². The molecular weight excluding hydrogens is 887 g/mol. The van der Waals surface area contributed by atoms with E-state index < -0.39 is 12.1 Å². The van der Waals surface area contributed by atoms with Crippen LogP contribution in [0.25, 0.3) is 0 Å². The number of hydrogen-bond donors (Lipinski definition) is 3. The zero-order chi connectivity index (χ0) is 52.2. The van der Waals surface area contributed by atoms with Gasteiger partial charge in [0.15, 0.2) is 0 Å². The smallest absolute Gasteiger partial charge is 0.305 e. The minimum Gasteiger partial charge on any atom is -0.466 e. The molecule has 0 rings (SSSR count). The molecule has 0 fully saturated rings. The average Bonchev–Trinajstić information content (AvgIpc) is 3.38. The Morgan fingerprint density at radius 3 is 1.00 bits per heavy atom. The van der Waals surface area contributed by atoms with Gasteiger partial charge in [-0.3, -0.25) is 9.59 Å². The minimum atomic E-state index is -0.683. The number of amides is 1. The number of esters is 1. The van der Waals surface area contributed by atoms with E-state index in [1.165, 1.54) is 257 Å². The fourth-order valence-corrected chi connectivity index (χ4v) is 10.2. The van der Waals surface area contributed by atoms with Crippen molar-refractivity contribution in [3.05, 3.63) is 24.3 Å². The predicted octanol–water partition coefficient (Wildman–Crippen LogP) is 20.6. The monoisotopic (exact) mass is 1010 g/mol. The molecule has 0 aromatic carbocycles. The molecule has 3 N–H and O–H groups in total. The van der Waals surface area contributed by atoms with Crippen molar-refractivity contribution in [3.63, 3.8) is 0 Å². The highest BCUT2D eigenvalue weighted by Crippen LogP contribution is 2.18. The topological polar surface area (TPSA) is 95.9 Å². The molecule has 0 aromatic rings. The lowest BCUT2D eigenvalue weighted by Crippen LogP contribution is -2.45. The number of carbonyl (C=O) groups is 2. The highest BCUT2D eigenvalue weighted by atomic mass is 16.5. The van der Waals surface area contributed by atoms with Gasteiger partial charge >= 0.3 is 5.97 Å². The molecule has 6 nitrogen and oxygen atoms in total. The average molecular weight is 1010 g/mol. The molecule has 0 aliphatic heterocycles. The van der Waals surface area contributed by atoms with E-state index in [-0.39, 0.29) is 18.5 Å². The Morgan fingerprint density at radius 2 is 0.653 bits per heavy atom. The number of ether oxygens (including phenoxy) is 1. The van der Waals surface area contributed by atoms with E-state index in [0.717, 1.165) is 70.6 Å². The molecule has 0 spiro atoms. The number of nitrogens with one attached hydrogen (secondary N) is 1. The van der Waals surface area contributed by atoms with Crippen molar-refractivity contribution in [2.75, 3.05) is 13.2 Å². The maximum Gasteiger partial charge on any atom is 0.305 e. The quantitative estimate of drug-likeness (QED) is 0.0320. The third-order valence-corrected chi connectivity index (χ3v) is 15.2. The summed E-state index contributed by atoms with van der Waals surface area (Å²) in [4.78, 5) is 24.6. The summed E-state index contributed by atoms with van der Waals surface area (Å²) in [5, 5.41) is 23.4. The molecule has 2 unspecified atom stereocenters. The third-order valence-electron chi connectivity index (χ3n) is 15.2. The molecule has 0 heterocycles. The standard InChI is InChI=1S/C66H127NO5/c1-3-5-7-9-11-13-15-17-19-21-22-23-24-25-26-27-28-30-31-34-38-42-46-50-54-58-64(69)63(62-68)67-65(70)59-55-51-47-43-39-35-33-37-41-45-49-53-57-61-72-66(71)60-56-52-48-44-40-36-32-29-20-18-16-14-12-10-8-6-4-2/h18,20,35,39,63-64,68-69H,3-17,19,21-34,36-38,40-62H2,1-2H3,(H,67,70)/b20-18-,39-35-. The van der Waals surface area contributed by atoms with Gasteiger partial charge in [-0.15, -0.1) is 0 Å². The number of unbranched alkanes of at least 4 members (excludes halogenated alkanes) is 46. The summed E-state index contributed by atoms with van der Waals surface area (Å²) < 4.78 is 5.48. The van der Waals surface area contributed by atoms with E-state index in [1.54, 1.807) is 0 Å². The summed E-state index contributed by atoms with van der Waals surface area (Å²) in [6.45, 7) is 4.93. The van der Waals surface area contributed by atoms with Crippen LogP contribution in [-0.4, -0.2) is 47.4 Å². The molecule has 0 bridgehead atoms. The van der Waals surface area contributed by atoms with Crippen LogP contribution in [0.5, 0.6) is 0 Å². The molecule has 0 aromatic heterocycles. The number of carbonyl (C=O) groups excluding carboxylic acids is 2. The summed E-state index contributed by atoms with van der Waals surface area (Å²) in [6, 6.07) is -0.563. The van der Waals surface area contributed by atoms with Crippen LogP contribution in [-0.2, 0) is 14.3 Å². The highest BCUT2D eigenvalue weighted by molar-refractivity contribution is 5.76. The van der Waals surface area contributed by atoms with E-state index in [4.69, 9.17) is 4.74 Å². The molecule has 0 saturated heterocycles. The third kappa shape index (κ3) is 57.6. The molecule has 0 aliphatic carbocycles. The van der Waals surface area contributed by atoms with Gasteiger partial charge in [0.2, 0.25) is 5.91 Å². The van der Waals surface area contributed by atoms with Crippen LogP contribution in [0.2, 0.25) is 0 Å². The first-order valence-corrected chi connectivity index (χ1v) is 32.6. The van der Waals surface area contributed by atoms with Crippen molar-refractivity contribution < 1.29 is 24.5 Å². The zero-order valence-electron chi connectivity index (χ0n) is 48.7. The van der Waals surface area contributed by atoms with Crippen molar-refractivity contribution in [1.82, 2.24) is 5.32 Å². The van der Waals surface area contributed by atoms with Gasteiger partial charge in [-0.2, -0.15) is 0 Å². The van der Waals surface area contributed by atoms with E-state index >= 15 is 0 Å². The first-order valence-electron chi connectivity index (χ1n) is 32.6. The molecule has 0 saturated carbocycles. The van der Waals surface area contributed by atoms with Gasteiger partial charge in [-0.05, 0) is 77.0 Å². The first-order chi connectivity index (χ1) is 35.5. The second-order valence-corrected chi connectivity index (χ2v) is 22.4. The zero-order valence-corrected chi connectivity index (χ0v) is 48.7. The Hall–Kier alpha value is -1.66. The maximum absolute atomic E-state index is 12.5. The van der Waals surface area contributed by atoms with Gasteiger partial charge in [0.25, 0.3) is 0 Å². The normalized spacial score (nSPS) is 12.7. The van der Waals surface area contributed by atoms with Crippen molar-refractivity contribution in [1.29, 1.82) is 0 Å². The second kappa shape index (κ2) is 61.9. The van der Waals surface area contributed by atoms with Gasteiger partial charge < -0.3 is 20.3 Å². The molecule has 426 valence electrons. The fourth-order valence-electron chi connectivity index (χ4n) is 10.2. The molecule has 0 radical (unpaired) electrons. The molecule has 0 aliphatic rings. The molecular formula is C66H127NO5. The number of aliphatic hydroxyl groups excluding tert-OH is 2. The van der Waals surface area contributed by atoms with E-state index in [0.29, 0.717) is 25.9 Å². The predicted molar refractivity (Wildman–Crippen MR) is 315 cm³/mol. The number of rotatable bonds is 61. The Bertz CT molecular complexity index is 1120. The Kier molecular flexibility index (Phi) is 60.5. The minimum absolute atomic E-state index is 0.0147. The number of allylic oxidation sites excluding steroid dienone is 4. The van der Waals surface area contributed by atoms with Crippen molar-refractivity contribution >= 4 is 11.9 Å². The van der Waals surface area contributed by atoms with Crippen LogP contribution >= 0.6 is 0 Å². The van der Waals surface area contributed by atoms with Crippen molar-refractivity contribution in [2.45, 2.75) is 373 Å². The maximum atomic E-state index is 12.5. The SMILES string of the molecule is CCCCCCCC/C=C\CCCCCCCCCC(=O)OCCCCCCCC/C=C\CCCCCC(=O)NC(CO)C(O)CCCCCCCCCCCCCCCCCCCCCCCCCCC. The Morgan fingerprint density at radius 1 is 0.375 bits per heavy atom. The number of aliphatic hydroxyl groups is 2. The van der Waals surface area contributed by atoms with Crippen LogP contribution in [0.3, 0.4) is 0 Å². The van der Waals surface area contributed by atoms with Crippen LogP contribution in [0, 0.1) is 0 Å². The molecule has 72 heavy (non-hydrogen) atoms. The largest absolute Gasteiger partial charge is 0.466 e. The lowest BCUT2D eigenvalue weighted by molar-refractivity contribution is -0.143. The molecule has 1 amide bonds. The Labute approximate surface area is 450 Å². The summed E-state index contributed by atoms with van der Waals surface area (Å²) in [6.07, 6.45) is 76.2. The molecule has 2 atom stereocenters. The van der Waals surface area contributed by atoms with Gasteiger partial charge in [0, 0.05) is 12.8 Å². The summed E-state index contributed by atoms with van der Waals surface area (Å²) >= 11 is 0. The van der Waals surface area contributed by atoms with E-state index in [2.05, 4.69) is 43.5 Å². The second-order valence-electron chi connectivity index (χ2n) is 22.4. The van der Waals surface area contributed by atoms with Crippen LogP contribution in [0.4, 0.5) is 0 Å². The lowest BCUT2D eigenvalue weighted by atomic mass is 10.0. The van der Waals surface area contributed by atoms with Gasteiger partial charge in [-0.25, -0.2) is 0 Å². The van der Waals surface area contributed by atoms with Crippen molar-refractivity contribution in [3.8, 4) is 0 Å². The summed E-state index contributed by atoms with van der Waals surface area (Å²) in [5.74, 6) is -0.0758. The molecule has 6 heteroatoms. The van der Waals surface area contributed by atoms with Crippen molar-refractivity contribution in [2.24, 2.45) is 0 Å². The first kappa shape index (κ1) is 70.3. The van der Waals surface area contributed by atoms with Crippen LogP contribution in [0.15, 0.2) is 24.3 Å². The van der Waals surface area contributed by atoms with Crippen LogP contribution in [0.1, 0.15) is 361 Å². The fraction of sp³-hybridized carbons (Fsp3) is 0.909. The highest BCUT2D eigenvalue weighted by Gasteiger charge is 2.20. The summed E-state index contributed by atoms with van der Waals surface area (Å²) in [5.41, 5.74) is 0. The van der Waals surface area contributed by atoms with Gasteiger partial charge in [0.1, 0.15) is 0 Å². The van der Waals surface area contributed by atoms with Gasteiger partial charge in [0.05, 0.1) is 25.4 Å².